The first-order valence-corrected chi connectivity index (χ1v) is 4.49. The van der Waals surface area contributed by atoms with Gasteiger partial charge in [0.2, 0.25) is 0 Å². The van der Waals surface area contributed by atoms with Crippen molar-refractivity contribution >= 4 is 0 Å². The predicted octanol–water partition coefficient (Wildman–Crippen LogP) is 2.72. The molecular formula is C11H16F3NO. The smallest absolute Gasteiger partial charge is 0.396 e. The van der Waals surface area contributed by atoms with Crippen LogP contribution in [0.25, 0.3) is 0 Å². The fourth-order valence-electron chi connectivity index (χ4n) is 1.37. The molecule has 1 rings (SSSR count). The van der Waals surface area contributed by atoms with Gasteiger partial charge in [-0.25, -0.2) is 0 Å². The van der Waals surface area contributed by atoms with Gasteiger partial charge >= 0.3 is 6.18 Å². The first-order valence-electron chi connectivity index (χ1n) is 4.49. The van der Waals surface area contributed by atoms with Crippen LogP contribution in [-0.4, -0.2) is 11.7 Å². The molecule has 16 heavy (non-hydrogen) atoms. The minimum Gasteiger partial charge on any atom is -0.396 e. The summed E-state index contributed by atoms with van der Waals surface area (Å²) in [5, 5.41) is 8.63. The summed E-state index contributed by atoms with van der Waals surface area (Å²) in [7, 11) is 0. The van der Waals surface area contributed by atoms with Crippen molar-refractivity contribution in [2.24, 2.45) is 5.73 Å². The van der Waals surface area contributed by atoms with Gasteiger partial charge in [0.1, 0.15) is 0 Å². The van der Waals surface area contributed by atoms with Crippen LogP contribution in [0, 0.1) is 0 Å². The van der Waals surface area contributed by atoms with Crippen molar-refractivity contribution in [1.29, 1.82) is 0 Å². The van der Waals surface area contributed by atoms with Crippen molar-refractivity contribution < 1.29 is 18.3 Å². The molecule has 0 fully saturated rings. The van der Waals surface area contributed by atoms with Crippen molar-refractivity contribution in [1.82, 2.24) is 0 Å². The van der Waals surface area contributed by atoms with Crippen molar-refractivity contribution in [3.05, 3.63) is 35.4 Å². The van der Waals surface area contributed by atoms with E-state index in [4.69, 9.17) is 10.8 Å². The Balaban J connectivity index is 0.00000225. The van der Waals surface area contributed by atoms with E-state index in [9.17, 15) is 13.2 Å². The zero-order valence-electron chi connectivity index (χ0n) is 7.96. The number of aliphatic hydroxyl groups is 1. The molecule has 0 aliphatic rings. The number of hydrogen-bond donors (Lipinski definition) is 2. The molecule has 0 unspecified atom stereocenters. The lowest BCUT2D eigenvalue weighted by molar-refractivity contribution is -0.138. The van der Waals surface area contributed by atoms with Crippen LogP contribution in [0.15, 0.2) is 24.3 Å². The molecule has 0 aromatic heterocycles. The van der Waals surface area contributed by atoms with Crippen molar-refractivity contribution in [2.45, 2.75) is 26.1 Å². The van der Waals surface area contributed by atoms with E-state index in [-0.39, 0.29) is 26.0 Å². The molecule has 5 heteroatoms. The van der Waals surface area contributed by atoms with Crippen molar-refractivity contribution in [3.8, 4) is 0 Å². The zero-order valence-corrected chi connectivity index (χ0v) is 7.96. The van der Waals surface area contributed by atoms with Gasteiger partial charge < -0.3 is 10.8 Å². The largest absolute Gasteiger partial charge is 0.416 e. The molecule has 3 N–H and O–H groups in total. The number of halogens is 3. The standard InChI is InChI=1S/C10H12F3NO.CH4/c11-10(12,13)8-4-2-1-3-7(8)9(14)5-6-15;/h1-4,9,15H,5-6,14H2;1H4/t9-;/m0./s1. The lowest BCUT2D eigenvalue weighted by Gasteiger charge is -2.17. The molecule has 0 aliphatic carbocycles. The Morgan fingerprint density at radius 2 is 1.81 bits per heavy atom. The molecule has 0 spiro atoms. The third kappa shape index (κ3) is 3.50. The molecular weight excluding hydrogens is 219 g/mol. The first-order chi connectivity index (χ1) is 6.96. The molecule has 1 atom stereocenters. The maximum Gasteiger partial charge on any atom is 0.416 e. The van der Waals surface area contributed by atoms with E-state index in [1.165, 1.54) is 18.2 Å². The quantitative estimate of drug-likeness (QED) is 0.846. The summed E-state index contributed by atoms with van der Waals surface area (Å²) in [6, 6.07) is 4.36. The second kappa shape index (κ2) is 5.86. The monoisotopic (exact) mass is 235 g/mol. The van der Waals surface area contributed by atoms with Gasteiger partial charge in [0, 0.05) is 12.6 Å². The molecule has 0 saturated heterocycles. The van der Waals surface area contributed by atoms with Crippen molar-refractivity contribution in [3.63, 3.8) is 0 Å². The molecule has 92 valence electrons. The van der Waals surface area contributed by atoms with E-state index in [2.05, 4.69) is 0 Å². The molecule has 0 saturated carbocycles. The van der Waals surface area contributed by atoms with Gasteiger partial charge in [-0.2, -0.15) is 13.2 Å². The summed E-state index contributed by atoms with van der Waals surface area (Å²) < 4.78 is 37.6. The molecule has 1 aromatic carbocycles. The fourth-order valence-corrected chi connectivity index (χ4v) is 1.37. The van der Waals surface area contributed by atoms with Gasteiger partial charge in [0.05, 0.1) is 5.56 Å². The average molecular weight is 235 g/mol. The van der Waals surface area contributed by atoms with Crippen LogP contribution in [0.2, 0.25) is 0 Å². The van der Waals surface area contributed by atoms with E-state index in [0.717, 1.165) is 6.07 Å². The Bertz CT molecular complexity index is 325. The van der Waals surface area contributed by atoms with Crippen LogP contribution >= 0.6 is 0 Å². The Morgan fingerprint density at radius 1 is 1.25 bits per heavy atom. The molecule has 1 aromatic rings. The summed E-state index contributed by atoms with van der Waals surface area (Å²) in [4.78, 5) is 0. The third-order valence-corrected chi connectivity index (χ3v) is 2.11. The minimum atomic E-state index is -4.40. The van der Waals surface area contributed by atoms with E-state index >= 15 is 0 Å². The number of aliphatic hydroxyl groups excluding tert-OH is 1. The van der Waals surface area contributed by atoms with E-state index in [0.29, 0.717) is 0 Å². The van der Waals surface area contributed by atoms with Gasteiger partial charge in [0.25, 0.3) is 0 Å². The van der Waals surface area contributed by atoms with Crippen LogP contribution in [0.5, 0.6) is 0 Å². The maximum absolute atomic E-state index is 12.5. The Morgan fingerprint density at radius 3 is 2.31 bits per heavy atom. The fraction of sp³-hybridized carbons (Fsp3) is 0.455. The maximum atomic E-state index is 12.5. The van der Waals surface area contributed by atoms with E-state index in [1.54, 1.807) is 0 Å². The van der Waals surface area contributed by atoms with Crippen LogP contribution in [-0.2, 0) is 6.18 Å². The second-order valence-corrected chi connectivity index (χ2v) is 3.20. The highest BCUT2D eigenvalue weighted by molar-refractivity contribution is 5.32. The minimum absolute atomic E-state index is 0. The molecule has 0 bridgehead atoms. The van der Waals surface area contributed by atoms with Crippen LogP contribution in [0.4, 0.5) is 13.2 Å². The van der Waals surface area contributed by atoms with Crippen LogP contribution in [0.1, 0.15) is 31.0 Å². The number of nitrogens with two attached hydrogens (primary N) is 1. The number of alkyl halides is 3. The molecule has 0 heterocycles. The Labute approximate surface area is 92.9 Å². The van der Waals surface area contributed by atoms with E-state index in [1.807, 2.05) is 0 Å². The number of hydrogen-bond acceptors (Lipinski definition) is 2. The Kier molecular flexibility index (Phi) is 5.47. The van der Waals surface area contributed by atoms with Crippen LogP contribution in [0.3, 0.4) is 0 Å². The highest BCUT2D eigenvalue weighted by atomic mass is 19.4. The highest BCUT2D eigenvalue weighted by Crippen LogP contribution is 2.34. The lowest BCUT2D eigenvalue weighted by atomic mass is 9.98. The summed E-state index contributed by atoms with van der Waals surface area (Å²) >= 11 is 0. The predicted molar refractivity (Wildman–Crippen MR) is 56.8 cm³/mol. The lowest BCUT2D eigenvalue weighted by Crippen LogP contribution is -2.18. The second-order valence-electron chi connectivity index (χ2n) is 3.20. The molecule has 0 radical (unpaired) electrons. The first kappa shape index (κ1) is 14.9. The normalized spacial score (nSPS) is 13.1. The third-order valence-electron chi connectivity index (χ3n) is 2.11. The highest BCUT2D eigenvalue weighted by Gasteiger charge is 2.34. The van der Waals surface area contributed by atoms with Crippen molar-refractivity contribution in [2.75, 3.05) is 6.61 Å². The Hall–Kier alpha value is -1.07. The summed E-state index contributed by atoms with van der Waals surface area (Å²) in [6.07, 6.45) is -4.28. The van der Waals surface area contributed by atoms with Gasteiger partial charge in [-0.15, -0.1) is 0 Å². The summed E-state index contributed by atoms with van der Waals surface area (Å²) in [5.74, 6) is 0. The molecule has 2 nitrogen and oxygen atoms in total. The zero-order chi connectivity index (χ0) is 11.5. The van der Waals surface area contributed by atoms with Gasteiger partial charge in [-0.05, 0) is 18.1 Å². The summed E-state index contributed by atoms with van der Waals surface area (Å²) in [6.45, 7) is -0.229. The summed E-state index contributed by atoms with van der Waals surface area (Å²) in [5.41, 5.74) is 4.84. The van der Waals surface area contributed by atoms with Gasteiger partial charge in [0.15, 0.2) is 0 Å². The van der Waals surface area contributed by atoms with Gasteiger partial charge in [-0.1, -0.05) is 25.6 Å². The SMILES string of the molecule is C.N[C@@H](CCO)c1ccccc1C(F)(F)F. The number of rotatable bonds is 3. The molecule has 0 amide bonds. The van der Waals surface area contributed by atoms with E-state index < -0.39 is 17.8 Å². The van der Waals surface area contributed by atoms with Gasteiger partial charge in [-0.3, -0.25) is 0 Å². The number of benzene rings is 1. The molecule has 0 aliphatic heterocycles. The van der Waals surface area contributed by atoms with Crippen LogP contribution < -0.4 is 5.73 Å². The topological polar surface area (TPSA) is 46.2 Å². The average Bonchev–Trinajstić information content (AvgIpc) is 2.17.